The lowest BCUT2D eigenvalue weighted by atomic mass is 9.92. The summed E-state index contributed by atoms with van der Waals surface area (Å²) < 4.78 is 1.66. The van der Waals surface area contributed by atoms with Crippen LogP contribution < -0.4 is 5.56 Å². The Balaban J connectivity index is 2.17. The summed E-state index contributed by atoms with van der Waals surface area (Å²) in [6.45, 7) is 0. The Hall–Kier alpha value is -3.04. The number of phenols is 1. The van der Waals surface area contributed by atoms with Gasteiger partial charge in [-0.2, -0.15) is 0 Å². The Morgan fingerprint density at radius 2 is 1.38 bits per heavy atom. The predicted molar refractivity (Wildman–Crippen MR) is 107 cm³/mol. The standard InChI is InChI=1S/C22H16ClNO2/c1-24-19-5-3-2-4-18(19)20(14-6-10-16(23)11-7-14)21(22(24)26)15-8-12-17(25)13-9-15/h2-13,25H,1H3. The van der Waals surface area contributed by atoms with E-state index in [0.717, 1.165) is 27.6 Å². The number of fused-ring (bicyclic) bond motifs is 1. The first kappa shape index (κ1) is 16.4. The van der Waals surface area contributed by atoms with Crippen molar-refractivity contribution in [1.29, 1.82) is 0 Å². The molecule has 128 valence electrons. The maximum absolute atomic E-state index is 13.2. The Morgan fingerprint density at radius 1 is 0.808 bits per heavy atom. The zero-order valence-corrected chi connectivity index (χ0v) is 14.9. The molecule has 4 aromatic rings. The van der Waals surface area contributed by atoms with Crippen LogP contribution in [0.1, 0.15) is 0 Å². The number of hydrogen-bond acceptors (Lipinski definition) is 2. The highest BCUT2D eigenvalue weighted by atomic mass is 35.5. The second-order valence-corrected chi connectivity index (χ2v) is 6.62. The van der Waals surface area contributed by atoms with E-state index in [-0.39, 0.29) is 11.3 Å². The summed E-state index contributed by atoms with van der Waals surface area (Å²) in [4.78, 5) is 13.2. The molecule has 0 spiro atoms. The number of para-hydroxylation sites is 1. The van der Waals surface area contributed by atoms with Crippen LogP contribution in [0.3, 0.4) is 0 Å². The number of aromatic hydroxyl groups is 1. The summed E-state index contributed by atoms with van der Waals surface area (Å²) in [5.41, 5.74) is 3.94. The minimum Gasteiger partial charge on any atom is -0.508 e. The van der Waals surface area contributed by atoms with Gasteiger partial charge in [0.2, 0.25) is 0 Å². The highest BCUT2D eigenvalue weighted by Gasteiger charge is 2.18. The molecular formula is C22H16ClNO2. The normalized spacial score (nSPS) is 11.0. The van der Waals surface area contributed by atoms with E-state index in [2.05, 4.69) is 0 Å². The third-order valence-corrected chi connectivity index (χ3v) is 4.84. The van der Waals surface area contributed by atoms with Crippen molar-refractivity contribution in [3.8, 4) is 28.0 Å². The number of halogens is 1. The van der Waals surface area contributed by atoms with Crippen molar-refractivity contribution in [2.45, 2.75) is 0 Å². The molecule has 0 radical (unpaired) electrons. The summed E-state index contributed by atoms with van der Waals surface area (Å²) in [5.74, 6) is 0.166. The minimum absolute atomic E-state index is 0.0839. The molecule has 0 aliphatic rings. The number of aromatic nitrogens is 1. The SMILES string of the molecule is Cn1c(=O)c(-c2ccc(O)cc2)c(-c2ccc(Cl)cc2)c2ccccc21. The number of hydrogen-bond donors (Lipinski definition) is 1. The molecule has 0 saturated heterocycles. The Labute approximate surface area is 155 Å². The van der Waals surface area contributed by atoms with E-state index in [0.29, 0.717) is 10.6 Å². The summed E-state index contributed by atoms with van der Waals surface area (Å²) in [5, 5.41) is 11.3. The van der Waals surface area contributed by atoms with Crippen LogP contribution in [0, 0.1) is 0 Å². The summed E-state index contributed by atoms with van der Waals surface area (Å²) in [7, 11) is 1.78. The van der Waals surface area contributed by atoms with E-state index in [9.17, 15) is 9.90 Å². The van der Waals surface area contributed by atoms with Crippen molar-refractivity contribution in [2.24, 2.45) is 7.05 Å². The molecule has 1 N–H and O–H groups in total. The lowest BCUT2D eigenvalue weighted by molar-refractivity contribution is 0.475. The largest absolute Gasteiger partial charge is 0.508 e. The second-order valence-electron chi connectivity index (χ2n) is 6.19. The molecule has 4 rings (SSSR count). The van der Waals surface area contributed by atoms with E-state index in [1.54, 1.807) is 35.9 Å². The monoisotopic (exact) mass is 361 g/mol. The average Bonchev–Trinajstić information content (AvgIpc) is 2.66. The fraction of sp³-hybridized carbons (Fsp3) is 0.0455. The van der Waals surface area contributed by atoms with Crippen molar-refractivity contribution in [1.82, 2.24) is 4.57 Å². The molecular weight excluding hydrogens is 346 g/mol. The smallest absolute Gasteiger partial charge is 0.259 e. The number of nitrogens with zero attached hydrogens (tertiary/aromatic N) is 1. The van der Waals surface area contributed by atoms with Crippen molar-refractivity contribution in [2.75, 3.05) is 0 Å². The number of phenolic OH excluding ortho intramolecular Hbond substituents is 1. The predicted octanol–water partition coefficient (Wildman–Crippen LogP) is 5.23. The van der Waals surface area contributed by atoms with E-state index in [1.165, 1.54) is 0 Å². The number of rotatable bonds is 2. The van der Waals surface area contributed by atoms with Crippen LogP contribution >= 0.6 is 11.6 Å². The third-order valence-electron chi connectivity index (χ3n) is 4.59. The lowest BCUT2D eigenvalue weighted by Crippen LogP contribution is -2.20. The summed E-state index contributed by atoms with van der Waals surface area (Å²) in [6.07, 6.45) is 0. The van der Waals surface area contributed by atoms with Crippen LogP contribution in [0.15, 0.2) is 77.6 Å². The summed E-state index contributed by atoms with van der Waals surface area (Å²) >= 11 is 6.05. The maximum Gasteiger partial charge on any atom is 0.259 e. The van der Waals surface area contributed by atoms with Crippen molar-refractivity contribution in [3.63, 3.8) is 0 Å². The number of benzene rings is 3. The van der Waals surface area contributed by atoms with Gasteiger partial charge in [0.15, 0.2) is 0 Å². The Morgan fingerprint density at radius 3 is 2.08 bits per heavy atom. The van der Waals surface area contributed by atoms with E-state index in [4.69, 9.17) is 11.6 Å². The number of aryl methyl sites for hydroxylation is 1. The molecule has 0 amide bonds. The molecule has 26 heavy (non-hydrogen) atoms. The highest BCUT2D eigenvalue weighted by molar-refractivity contribution is 6.30. The van der Waals surface area contributed by atoms with Crippen molar-refractivity contribution in [3.05, 3.63) is 88.2 Å². The molecule has 1 heterocycles. The van der Waals surface area contributed by atoms with Crippen molar-refractivity contribution >= 4 is 22.5 Å². The number of pyridine rings is 1. The molecule has 3 aromatic carbocycles. The van der Waals surface area contributed by atoms with Gasteiger partial charge < -0.3 is 9.67 Å². The molecule has 0 unspecified atom stereocenters. The zero-order chi connectivity index (χ0) is 18.3. The quantitative estimate of drug-likeness (QED) is 0.531. The fourth-order valence-corrected chi connectivity index (χ4v) is 3.43. The van der Waals surface area contributed by atoms with E-state index >= 15 is 0 Å². The van der Waals surface area contributed by atoms with Crippen LogP contribution in [-0.2, 0) is 7.05 Å². The first-order valence-corrected chi connectivity index (χ1v) is 8.61. The molecule has 1 aromatic heterocycles. The van der Waals surface area contributed by atoms with Gasteiger partial charge in [-0.15, -0.1) is 0 Å². The molecule has 0 fully saturated rings. The molecule has 0 bridgehead atoms. The molecule has 3 nitrogen and oxygen atoms in total. The average molecular weight is 362 g/mol. The van der Waals surface area contributed by atoms with Crippen LogP contribution in [0.5, 0.6) is 5.75 Å². The highest BCUT2D eigenvalue weighted by Crippen LogP contribution is 2.36. The van der Waals surface area contributed by atoms with Gasteiger partial charge >= 0.3 is 0 Å². The van der Waals surface area contributed by atoms with Gasteiger partial charge in [0, 0.05) is 23.0 Å². The van der Waals surface area contributed by atoms with Gasteiger partial charge in [0.25, 0.3) is 5.56 Å². The van der Waals surface area contributed by atoms with Gasteiger partial charge in [-0.1, -0.05) is 54.1 Å². The van der Waals surface area contributed by atoms with Gasteiger partial charge in [0.1, 0.15) is 5.75 Å². The topological polar surface area (TPSA) is 42.2 Å². The molecule has 0 saturated carbocycles. The van der Waals surface area contributed by atoms with Crippen LogP contribution in [-0.4, -0.2) is 9.67 Å². The fourth-order valence-electron chi connectivity index (χ4n) is 3.31. The molecule has 0 aliphatic carbocycles. The molecule has 0 atom stereocenters. The van der Waals surface area contributed by atoms with E-state index < -0.39 is 0 Å². The van der Waals surface area contributed by atoms with Crippen molar-refractivity contribution < 1.29 is 5.11 Å². The van der Waals surface area contributed by atoms with E-state index in [1.807, 2.05) is 48.5 Å². The van der Waals surface area contributed by atoms with Crippen LogP contribution in [0.25, 0.3) is 33.2 Å². The maximum atomic E-state index is 13.2. The first-order chi connectivity index (χ1) is 12.6. The zero-order valence-electron chi connectivity index (χ0n) is 14.1. The Kier molecular flexibility index (Phi) is 4.02. The second kappa shape index (κ2) is 6.36. The van der Waals surface area contributed by atoms with Gasteiger partial charge in [0.05, 0.1) is 11.1 Å². The third kappa shape index (κ3) is 2.67. The van der Waals surface area contributed by atoms with Gasteiger partial charge in [-0.3, -0.25) is 4.79 Å². The van der Waals surface area contributed by atoms with Gasteiger partial charge in [-0.25, -0.2) is 0 Å². The Bertz CT molecular complexity index is 1160. The lowest BCUT2D eigenvalue weighted by Gasteiger charge is -2.16. The first-order valence-electron chi connectivity index (χ1n) is 8.23. The van der Waals surface area contributed by atoms with Crippen LogP contribution in [0.2, 0.25) is 5.02 Å². The van der Waals surface area contributed by atoms with Crippen LogP contribution in [0.4, 0.5) is 0 Å². The summed E-state index contributed by atoms with van der Waals surface area (Å²) in [6, 6.07) is 22.1. The molecule has 4 heteroatoms. The molecule has 0 aliphatic heterocycles. The van der Waals surface area contributed by atoms with Gasteiger partial charge in [-0.05, 0) is 41.5 Å². The minimum atomic E-state index is -0.0839.